The molecule has 2 rings (SSSR count). The first-order valence-electron chi connectivity index (χ1n) is 5.51. The first kappa shape index (κ1) is 12.1. The summed E-state index contributed by atoms with van der Waals surface area (Å²) < 4.78 is 0. The fourth-order valence-electron chi connectivity index (χ4n) is 1.68. The van der Waals surface area contributed by atoms with Crippen molar-refractivity contribution in [3.05, 3.63) is 53.9 Å². The molecule has 1 heterocycles. The summed E-state index contributed by atoms with van der Waals surface area (Å²) in [6.45, 7) is -0.230. The molecule has 0 radical (unpaired) electrons. The minimum Gasteiger partial charge on any atom is -0.504 e. The number of hydrogen-bond acceptors (Lipinski definition) is 3. The number of aliphatic hydroxyl groups is 2. The Morgan fingerprint density at radius 3 is 2.89 bits per heavy atom. The second kappa shape index (κ2) is 5.33. The summed E-state index contributed by atoms with van der Waals surface area (Å²) in [6, 6.07) is 7.61. The van der Waals surface area contributed by atoms with E-state index in [1.165, 1.54) is 12.2 Å². The van der Waals surface area contributed by atoms with E-state index in [4.69, 9.17) is 5.11 Å². The van der Waals surface area contributed by atoms with Crippen molar-refractivity contribution in [3.63, 3.8) is 0 Å². The predicted molar refractivity (Wildman–Crippen MR) is 70.1 cm³/mol. The number of fused-ring (bicyclic) bond motifs is 1. The van der Waals surface area contributed by atoms with Crippen molar-refractivity contribution in [3.8, 4) is 0 Å². The average Bonchev–Trinajstić information content (AvgIpc) is 2.79. The maximum absolute atomic E-state index is 11.4. The quantitative estimate of drug-likeness (QED) is 0.569. The fraction of sp³-hybridized carbons (Fsp3) is 0.0714. The molecule has 0 unspecified atom stereocenters. The van der Waals surface area contributed by atoms with Crippen molar-refractivity contribution in [2.75, 3.05) is 6.61 Å². The lowest BCUT2D eigenvalue weighted by Crippen LogP contribution is -1.97. The molecule has 2 aromatic rings. The molecule has 0 atom stereocenters. The molecule has 0 aliphatic rings. The van der Waals surface area contributed by atoms with Gasteiger partial charge in [0.1, 0.15) is 0 Å². The van der Waals surface area contributed by atoms with Gasteiger partial charge in [-0.1, -0.05) is 24.3 Å². The van der Waals surface area contributed by atoms with Crippen molar-refractivity contribution < 1.29 is 15.0 Å². The van der Waals surface area contributed by atoms with Gasteiger partial charge >= 0.3 is 0 Å². The number of allylic oxidation sites excluding steroid dienone is 1. The highest BCUT2D eigenvalue weighted by molar-refractivity contribution is 6.06. The van der Waals surface area contributed by atoms with Crippen LogP contribution in [0.15, 0.2) is 48.4 Å². The molecule has 1 aromatic heterocycles. The average molecular weight is 243 g/mol. The molecule has 18 heavy (non-hydrogen) atoms. The van der Waals surface area contributed by atoms with Gasteiger partial charge in [0.15, 0.2) is 5.76 Å². The summed E-state index contributed by atoms with van der Waals surface area (Å²) >= 11 is 0. The predicted octanol–water partition coefficient (Wildman–Crippen LogP) is 2.18. The van der Waals surface area contributed by atoms with Crippen molar-refractivity contribution >= 4 is 22.8 Å². The van der Waals surface area contributed by atoms with Crippen molar-refractivity contribution in [1.82, 2.24) is 4.98 Å². The van der Waals surface area contributed by atoms with Gasteiger partial charge in [-0.15, -0.1) is 0 Å². The number of carbonyl (C=O) groups excluding carboxylic acids is 1. The molecule has 1 aromatic carbocycles. The van der Waals surface area contributed by atoms with Crippen LogP contribution in [-0.2, 0) is 4.79 Å². The largest absolute Gasteiger partial charge is 0.504 e. The Morgan fingerprint density at radius 2 is 2.11 bits per heavy atom. The Labute approximate surface area is 104 Å². The summed E-state index contributed by atoms with van der Waals surface area (Å²) in [7, 11) is 0. The number of nitrogens with one attached hydrogen (secondary N) is 1. The van der Waals surface area contributed by atoms with Gasteiger partial charge in [0.25, 0.3) is 0 Å². The van der Waals surface area contributed by atoms with Gasteiger partial charge in [-0.2, -0.15) is 0 Å². The van der Waals surface area contributed by atoms with E-state index >= 15 is 0 Å². The number of rotatable bonds is 4. The van der Waals surface area contributed by atoms with Crippen molar-refractivity contribution in [2.45, 2.75) is 0 Å². The summed E-state index contributed by atoms with van der Waals surface area (Å²) in [5.74, 6) is -0.890. The molecule has 0 fully saturated rings. The van der Waals surface area contributed by atoms with E-state index in [-0.39, 0.29) is 12.4 Å². The fourth-order valence-corrected chi connectivity index (χ4v) is 1.68. The maximum Gasteiger partial charge on any atom is 0.219 e. The van der Waals surface area contributed by atoms with Crippen LogP contribution in [0.3, 0.4) is 0 Å². The number of para-hydroxylation sites is 1. The highest BCUT2D eigenvalue weighted by atomic mass is 16.3. The highest BCUT2D eigenvalue weighted by Gasteiger charge is 2.06. The van der Waals surface area contributed by atoms with Gasteiger partial charge in [-0.3, -0.25) is 4.79 Å². The number of carbonyl (C=O) groups is 1. The SMILES string of the molecule is O=C(/C=C/CO)/C(O)=C/c1c[nH]c2ccccc12. The van der Waals surface area contributed by atoms with Crippen LogP contribution < -0.4 is 0 Å². The molecule has 0 saturated heterocycles. The number of hydrogen-bond donors (Lipinski definition) is 3. The Hall–Kier alpha value is -2.33. The first-order valence-corrected chi connectivity index (χ1v) is 5.51. The van der Waals surface area contributed by atoms with E-state index in [1.807, 2.05) is 24.3 Å². The maximum atomic E-state index is 11.4. The van der Waals surface area contributed by atoms with Crippen LogP contribution in [0.5, 0.6) is 0 Å². The minimum absolute atomic E-state index is 0.230. The van der Waals surface area contributed by atoms with Crippen LogP contribution in [0.25, 0.3) is 17.0 Å². The van der Waals surface area contributed by atoms with Crippen LogP contribution in [0, 0.1) is 0 Å². The molecular weight excluding hydrogens is 230 g/mol. The standard InChI is InChI=1S/C14H13NO3/c16-7-3-6-13(17)14(18)8-10-9-15-12-5-2-1-4-11(10)12/h1-6,8-9,15-16,18H,7H2/b6-3+,14-8-. The van der Waals surface area contributed by atoms with E-state index < -0.39 is 5.78 Å². The van der Waals surface area contributed by atoms with Crippen molar-refractivity contribution in [2.24, 2.45) is 0 Å². The summed E-state index contributed by atoms with van der Waals surface area (Å²) in [4.78, 5) is 14.5. The van der Waals surface area contributed by atoms with E-state index in [0.717, 1.165) is 22.5 Å². The van der Waals surface area contributed by atoms with Crippen LogP contribution in [0.1, 0.15) is 5.56 Å². The van der Waals surface area contributed by atoms with Gasteiger partial charge in [-0.25, -0.2) is 0 Å². The second-order valence-electron chi connectivity index (χ2n) is 3.77. The molecular formula is C14H13NO3. The molecule has 0 amide bonds. The van der Waals surface area contributed by atoms with Crippen molar-refractivity contribution in [1.29, 1.82) is 0 Å². The highest BCUT2D eigenvalue weighted by Crippen LogP contribution is 2.19. The van der Waals surface area contributed by atoms with Crippen LogP contribution in [0.2, 0.25) is 0 Å². The Bertz CT molecular complexity index is 623. The first-order chi connectivity index (χ1) is 8.72. The number of aromatic nitrogens is 1. The van der Waals surface area contributed by atoms with Gasteiger partial charge in [0.2, 0.25) is 5.78 Å². The summed E-state index contributed by atoms with van der Waals surface area (Å²) in [5, 5.41) is 19.1. The number of benzene rings is 1. The molecule has 4 heteroatoms. The molecule has 0 bridgehead atoms. The van der Waals surface area contributed by atoms with E-state index in [1.54, 1.807) is 6.20 Å². The third-order valence-corrected chi connectivity index (χ3v) is 2.54. The lowest BCUT2D eigenvalue weighted by atomic mass is 10.1. The smallest absolute Gasteiger partial charge is 0.219 e. The number of aliphatic hydroxyl groups excluding tert-OH is 2. The number of H-pyrrole nitrogens is 1. The number of ketones is 1. The molecule has 0 aliphatic heterocycles. The second-order valence-corrected chi connectivity index (χ2v) is 3.77. The normalized spacial score (nSPS) is 12.4. The zero-order chi connectivity index (χ0) is 13.0. The molecule has 3 N–H and O–H groups in total. The van der Waals surface area contributed by atoms with Gasteiger partial charge in [0, 0.05) is 22.7 Å². The zero-order valence-corrected chi connectivity index (χ0v) is 9.63. The topological polar surface area (TPSA) is 73.3 Å². The lowest BCUT2D eigenvalue weighted by Gasteiger charge is -1.94. The molecule has 0 spiro atoms. The summed E-state index contributed by atoms with van der Waals surface area (Å²) in [5.41, 5.74) is 1.68. The Kier molecular flexibility index (Phi) is 3.60. The third-order valence-electron chi connectivity index (χ3n) is 2.54. The molecule has 0 saturated carbocycles. The van der Waals surface area contributed by atoms with Gasteiger partial charge in [0.05, 0.1) is 6.61 Å². The van der Waals surface area contributed by atoms with Gasteiger partial charge in [-0.05, 0) is 18.2 Å². The Balaban J connectivity index is 2.32. The van der Waals surface area contributed by atoms with Crippen LogP contribution in [0.4, 0.5) is 0 Å². The summed E-state index contributed by atoms with van der Waals surface area (Å²) in [6.07, 6.45) is 5.55. The van der Waals surface area contributed by atoms with E-state index in [2.05, 4.69) is 4.98 Å². The van der Waals surface area contributed by atoms with E-state index in [0.29, 0.717) is 0 Å². The minimum atomic E-state index is -0.533. The molecule has 0 aliphatic carbocycles. The lowest BCUT2D eigenvalue weighted by molar-refractivity contribution is -0.113. The monoisotopic (exact) mass is 243 g/mol. The van der Waals surface area contributed by atoms with Gasteiger partial charge < -0.3 is 15.2 Å². The zero-order valence-electron chi connectivity index (χ0n) is 9.63. The van der Waals surface area contributed by atoms with Crippen LogP contribution >= 0.6 is 0 Å². The number of aromatic amines is 1. The van der Waals surface area contributed by atoms with E-state index in [9.17, 15) is 9.90 Å². The van der Waals surface area contributed by atoms with Crippen LogP contribution in [-0.4, -0.2) is 27.6 Å². The molecule has 4 nitrogen and oxygen atoms in total. The third kappa shape index (κ3) is 2.49. The molecule has 92 valence electrons. The Morgan fingerprint density at radius 1 is 1.33 bits per heavy atom.